The zero-order chi connectivity index (χ0) is 31.7. The van der Waals surface area contributed by atoms with Crippen LogP contribution in [0.25, 0.3) is 55.0 Å². The molecule has 11 rings (SSSR count). The highest BCUT2D eigenvalue weighted by molar-refractivity contribution is 7.00. The van der Waals surface area contributed by atoms with Crippen LogP contribution in [0.3, 0.4) is 0 Å². The Morgan fingerprint density at radius 1 is 0.438 bits per heavy atom. The van der Waals surface area contributed by atoms with Gasteiger partial charge < -0.3 is 14.0 Å². The number of halogens is 2. The Hall–Kier alpha value is -6.14. The predicted molar refractivity (Wildman–Crippen MR) is 194 cm³/mol. The van der Waals surface area contributed by atoms with Gasteiger partial charge in [-0.2, -0.15) is 0 Å². The van der Waals surface area contributed by atoms with E-state index >= 15 is 8.78 Å². The minimum Gasteiger partial charge on any atom is -0.310 e. The monoisotopic (exact) mass is 619 g/mol. The van der Waals surface area contributed by atoms with Crippen molar-refractivity contribution in [2.45, 2.75) is 0 Å². The Kier molecular flexibility index (Phi) is 5.00. The molecule has 224 valence electrons. The molecule has 2 aliphatic rings. The first kappa shape index (κ1) is 26.0. The van der Waals surface area contributed by atoms with Crippen LogP contribution in [-0.2, 0) is 0 Å². The van der Waals surface area contributed by atoms with Crippen LogP contribution in [0.5, 0.6) is 0 Å². The highest BCUT2D eigenvalue weighted by Gasteiger charge is 2.43. The van der Waals surface area contributed by atoms with Gasteiger partial charge >= 0.3 is 0 Å². The highest BCUT2D eigenvalue weighted by Crippen LogP contribution is 2.44. The molecule has 9 aromatic rings. The number of benzene rings is 7. The molecule has 2 aliphatic heterocycles. The highest BCUT2D eigenvalue weighted by atomic mass is 19.1. The lowest BCUT2D eigenvalue weighted by molar-refractivity contribution is 0.586. The molecule has 2 aromatic heterocycles. The third-order valence-electron chi connectivity index (χ3n) is 10.4. The zero-order valence-electron chi connectivity index (χ0n) is 25.5. The van der Waals surface area contributed by atoms with Gasteiger partial charge in [-0.15, -0.1) is 0 Å². The van der Waals surface area contributed by atoms with E-state index in [1.807, 2.05) is 23.1 Å². The van der Waals surface area contributed by atoms with Gasteiger partial charge in [0.1, 0.15) is 17.3 Å². The molecule has 0 spiro atoms. The van der Waals surface area contributed by atoms with E-state index in [1.54, 1.807) is 0 Å². The Morgan fingerprint density at radius 3 is 1.67 bits per heavy atom. The minimum absolute atomic E-state index is 0.0775. The number of rotatable bonds is 2. The number of para-hydroxylation sites is 6. The largest absolute Gasteiger partial charge is 0.310 e. The van der Waals surface area contributed by atoms with Gasteiger partial charge in [0.15, 0.2) is 0 Å². The average Bonchev–Trinajstić information content (AvgIpc) is 3.64. The lowest BCUT2D eigenvalue weighted by atomic mass is 9.34. The summed E-state index contributed by atoms with van der Waals surface area (Å²) in [5, 5.41) is 4.67. The van der Waals surface area contributed by atoms with E-state index < -0.39 is 11.6 Å². The van der Waals surface area contributed by atoms with E-state index in [-0.39, 0.29) is 12.4 Å². The van der Waals surface area contributed by atoms with E-state index in [0.29, 0.717) is 0 Å². The Morgan fingerprint density at radius 2 is 0.958 bits per heavy atom. The second kappa shape index (κ2) is 9.23. The first-order valence-corrected chi connectivity index (χ1v) is 16.2. The van der Waals surface area contributed by atoms with E-state index in [1.165, 1.54) is 40.0 Å². The van der Waals surface area contributed by atoms with E-state index in [4.69, 9.17) is 0 Å². The summed E-state index contributed by atoms with van der Waals surface area (Å²) in [6.07, 6.45) is 0. The third-order valence-corrected chi connectivity index (χ3v) is 10.4. The van der Waals surface area contributed by atoms with Gasteiger partial charge in [-0.05, 0) is 64.9 Å². The quantitative estimate of drug-likeness (QED) is 0.176. The fraction of sp³-hybridized carbons (Fsp3) is 0. The van der Waals surface area contributed by atoms with Crippen LogP contribution in [0.2, 0.25) is 0 Å². The molecule has 0 amide bonds. The lowest BCUT2D eigenvalue weighted by Gasteiger charge is -2.40. The van der Waals surface area contributed by atoms with E-state index in [9.17, 15) is 0 Å². The number of nitrogens with zero attached hydrogens (tertiary/aromatic N) is 3. The number of fused-ring (bicyclic) bond motifs is 10. The smallest absolute Gasteiger partial charge is 0.252 e. The SMILES string of the molecule is Fc1cccc(F)c1N1c2ccccc2B2c3c1cc(-n1c4ccccc4c4ccccc41)cc3-n1c3ccccc3c3cccc2c31. The molecule has 0 unspecified atom stereocenters. The summed E-state index contributed by atoms with van der Waals surface area (Å²) in [6, 6.07) is 48.5. The molecule has 4 heterocycles. The summed E-state index contributed by atoms with van der Waals surface area (Å²) in [5.41, 5.74) is 11.0. The number of anilines is 3. The molecule has 0 saturated carbocycles. The van der Waals surface area contributed by atoms with Crippen LogP contribution < -0.4 is 21.3 Å². The molecule has 7 aromatic carbocycles. The Bertz CT molecular complexity index is 2770. The van der Waals surface area contributed by atoms with Crippen LogP contribution >= 0.6 is 0 Å². The van der Waals surface area contributed by atoms with Crippen molar-refractivity contribution in [3.8, 4) is 11.4 Å². The van der Waals surface area contributed by atoms with Crippen molar-refractivity contribution < 1.29 is 8.78 Å². The fourth-order valence-electron chi connectivity index (χ4n) is 8.62. The summed E-state index contributed by atoms with van der Waals surface area (Å²) in [5.74, 6) is -1.21. The molecular weight excluding hydrogens is 595 g/mol. The van der Waals surface area contributed by atoms with Gasteiger partial charge in [-0.3, -0.25) is 0 Å². The molecule has 0 radical (unpaired) electrons. The van der Waals surface area contributed by atoms with Crippen LogP contribution in [0.1, 0.15) is 0 Å². The Labute approximate surface area is 274 Å². The third kappa shape index (κ3) is 3.17. The molecule has 0 bridgehead atoms. The number of aromatic nitrogens is 2. The van der Waals surface area contributed by atoms with Gasteiger partial charge in [0.05, 0.1) is 22.2 Å². The van der Waals surface area contributed by atoms with Crippen molar-refractivity contribution in [2.24, 2.45) is 0 Å². The predicted octanol–water partition coefficient (Wildman–Crippen LogP) is 8.77. The summed E-state index contributed by atoms with van der Waals surface area (Å²) in [4.78, 5) is 1.81. The molecule has 0 N–H and O–H groups in total. The summed E-state index contributed by atoms with van der Waals surface area (Å²) in [6.45, 7) is -0.134. The maximum absolute atomic E-state index is 16.0. The number of hydrogen-bond acceptors (Lipinski definition) is 1. The summed E-state index contributed by atoms with van der Waals surface area (Å²) >= 11 is 0. The van der Waals surface area contributed by atoms with Gasteiger partial charge in [0.2, 0.25) is 0 Å². The maximum Gasteiger partial charge on any atom is 0.252 e. The molecular formula is C42H24BF2N3. The molecule has 0 aliphatic carbocycles. The van der Waals surface area contributed by atoms with Crippen molar-refractivity contribution in [3.05, 3.63) is 157 Å². The molecule has 6 heteroatoms. The molecule has 48 heavy (non-hydrogen) atoms. The van der Waals surface area contributed by atoms with Gasteiger partial charge in [0.25, 0.3) is 6.71 Å². The second-order valence-electron chi connectivity index (χ2n) is 12.8. The first-order chi connectivity index (χ1) is 23.7. The molecule has 0 fully saturated rings. The van der Waals surface area contributed by atoms with Gasteiger partial charge in [0, 0.05) is 44.1 Å². The molecule has 0 saturated heterocycles. The van der Waals surface area contributed by atoms with E-state index in [0.717, 1.165) is 61.0 Å². The van der Waals surface area contributed by atoms with Crippen LogP contribution in [-0.4, -0.2) is 15.8 Å². The van der Waals surface area contributed by atoms with Crippen LogP contribution in [0, 0.1) is 11.6 Å². The molecule has 0 atom stereocenters. The zero-order valence-corrected chi connectivity index (χ0v) is 25.5. The Balaban J connectivity index is 1.37. The van der Waals surface area contributed by atoms with Crippen LogP contribution in [0.15, 0.2) is 146 Å². The topological polar surface area (TPSA) is 13.1 Å². The van der Waals surface area contributed by atoms with Crippen molar-refractivity contribution in [1.29, 1.82) is 0 Å². The number of hydrogen-bond donors (Lipinski definition) is 0. The van der Waals surface area contributed by atoms with Crippen molar-refractivity contribution in [1.82, 2.24) is 9.13 Å². The maximum atomic E-state index is 16.0. The minimum atomic E-state index is -0.607. The average molecular weight is 619 g/mol. The van der Waals surface area contributed by atoms with E-state index in [2.05, 4.69) is 118 Å². The summed E-state index contributed by atoms with van der Waals surface area (Å²) in [7, 11) is 0. The standard InChI is InChI=1S/C42H24BF2N3/c44-32-17-10-18-33(45)42(32)48-37-22-8-4-15-30(37)43-31-16-9-14-29-28-13-3-7-21-36(28)47(41(29)31)38-23-25(24-39(48)40(38)43)46-34-19-5-1-11-26(34)27-12-2-6-20-35(27)46/h1-24H. The lowest BCUT2D eigenvalue weighted by Crippen LogP contribution is -2.60. The van der Waals surface area contributed by atoms with Crippen molar-refractivity contribution >= 4 is 83.8 Å². The van der Waals surface area contributed by atoms with Gasteiger partial charge in [-0.1, -0.05) is 97.1 Å². The second-order valence-corrected chi connectivity index (χ2v) is 12.8. The van der Waals surface area contributed by atoms with Gasteiger partial charge in [-0.25, -0.2) is 8.78 Å². The van der Waals surface area contributed by atoms with Crippen LogP contribution in [0.4, 0.5) is 25.8 Å². The van der Waals surface area contributed by atoms with Crippen molar-refractivity contribution in [2.75, 3.05) is 4.90 Å². The van der Waals surface area contributed by atoms with Crippen molar-refractivity contribution in [3.63, 3.8) is 0 Å². The first-order valence-electron chi connectivity index (χ1n) is 16.2. The normalized spacial score (nSPS) is 13.1. The fourth-order valence-corrected chi connectivity index (χ4v) is 8.62. The summed E-state index contributed by atoms with van der Waals surface area (Å²) < 4.78 is 36.7. The molecule has 3 nitrogen and oxygen atoms in total.